The van der Waals surface area contributed by atoms with E-state index >= 15 is 0 Å². The van der Waals surface area contributed by atoms with E-state index in [0.29, 0.717) is 23.4 Å². The topological polar surface area (TPSA) is 149 Å². The van der Waals surface area contributed by atoms with Gasteiger partial charge < -0.3 is 16.8 Å². The number of nitriles is 1. The largest absolute Gasteiger partial charge is 0.382 e. The lowest BCUT2D eigenvalue weighted by Crippen LogP contribution is -2.28. The highest BCUT2D eigenvalue weighted by Gasteiger charge is 2.22. The molecule has 4 rings (SSSR count). The number of hydrogen-bond donors (Lipinski definition) is 3. The highest BCUT2D eigenvalue weighted by molar-refractivity contribution is 5.81. The van der Waals surface area contributed by atoms with Crippen molar-refractivity contribution >= 4 is 28.5 Å². The van der Waals surface area contributed by atoms with Gasteiger partial charge in [-0.05, 0) is 37.1 Å². The second-order valence-electron chi connectivity index (χ2n) is 7.57. The van der Waals surface area contributed by atoms with Gasteiger partial charge in [0.05, 0.1) is 22.6 Å². The third kappa shape index (κ3) is 3.97. The zero-order valence-electron chi connectivity index (χ0n) is 18.3. The molecule has 0 radical (unpaired) electrons. The van der Waals surface area contributed by atoms with Crippen molar-refractivity contribution in [1.29, 1.82) is 5.26 Å². The van der Waals surface area contributed by atoms with Gasteiger partial charge >= 0.3 is 0 Å². The molecule has 2 aromatic heterocycles. The average Bonchev–Trinajstić information content (AvgIpc) is 2.77. The van der Waals surface area contributed by atoms with E-state index in [0.717, 1.165) is 22.3 Å². The highest BCUT2D eigenvalue weighted by Crippen LogP contribution is 2.26. The van der Waals surface area contributed by atoms with Gasteiger partial charge in [0.15, 0.2) is 5.82 Å². The predicted octanol–water partition coefficient (Wildman–Crippen LogP) is 3.23. The summed E-state index contributed by atoms with van der Waals surface area (Å²) in [5, 5.41) is 12.8. The smallest absolute Gasteiger partial charge is 0.266 e. The van der Waals surface area contributed by atoms with Crippen LogP contribution in [0.2, 0.25) is 0 Å². The van der Waals surface area contributed by atoms with E-state index < -0.39 is 23.2 Å². The molecule has 11 heteroatoms. The molecule has 34 heavy (non-hydrogen) atoms. The van der Waals surface area contributed by atoms with E-state index in [1.807, 2.05) is 19.1 Å². The monoisotopic (exact) mass is 462 g/mol. The lowest BCUT2D eigenvalue weighted by Gasteiger charge is -2.21. The van der Waals surface area contributed by atoms with E-state index in [1.165, 1.54) is 0 Å². The molecule has 2 heterocycles. The van der Waals surface area contributed by atoms with Crippen LogP contribution in [0.1, 0.15) is 36.8 Å². The lowest BCUT2D eigenvalue weighted by molar-refractivity contribution is 0.579. The van der Waals surface area contributed by atoms with Crippen LogP contribution in [0.25, 0.3) is 16.6 Å². The van der Waals surface area contributed by atoms with Gasteiger partial charge in [0.25, 0.3) is 5.56 Å². The number of aryl methyl sites for hydroxylation is 1. The number of hydrogen-bond acceptors (Lipinski definition) is 8. The maximum atomic E-state index is 14.1. The van der Waals surface area contributed by atoms with Gasteiger partial charge in [-0.15, -0.1) is 0 Å². The lowest BCUT2D eigenvalue weighted by atomic mass is 10.1. The summed E-state index contributed by atoms with van der Waals surface area (Å²) in [5.74, 6) is -1.79. The Hall–Kier alpha value is -4.59. The van der Waals surface area contributed by atoms with Crippen LogP contribution in [0, 0.1) is 23.0 Å². The quantitative estimate of drug-likeness (QED) is 0.409. The summed E-state index contributed by atoms with van der Waals surface area (Å²) in [7, 11) is 0. The van der Waals surface area contributed by atoms with Crippen molar-refractivity contribution in [2.24, 2.45) is 0 Å². The highest BCUT2D eigenvalue weighted by atomic mass is 19.1. The van der Waals surface area contributed by atoms with Crippen molar-refractivity contribution in [2.45, 2.75) is 26.3 Å². The molecule has 1 atom stereocenters. The summed E-state index contributed by atoms with van der Waals surface area (Å²) >= 11 is 0. The van der Waals surface area contributed by atoms with Gasteiger partial charge in [-0.3, -0.25) is 9.36 Å². The van der Waals surface area contributed by atoms with Crippen LogP contribution in [0.3, 0.4) is 0 Å². The molecule has 0 saturated carbocycles. The van der Waals surface area contributed by atoms with Gasteiger partial charge in [-0.2, -0.15) is 15.2 Å². The van der Waals surface area contributed by atoms with Crippen molar-refractivity contribution in [3.05, 3.63) is 75.3 Å². The van der Waals surface area contributed by atoms with E-state index in [9.17, 15) is 18.8 Å². The normalized spacial score (nSPS) is 11.9. The van der Waals surface area contributed by atoms with Crippen molar-refractivity contribution in [1.82, 2.24) is 19.5 Å². The number of fused-ring (bicyclic) bond motifs is 1. The maximum Gasteiger partial charge on any atom is 0.266 e. The average molecular weight is 462 g/mol. The Labute approximate surface area is 192 Å². The molecule has 0 saturated heterocycles. The second kappa shape index (κ2) is 8.74. The molecule has 2 aromatic carbocycles. The zero-order valence-corrected chi connectivity index (χ0v) is 18.3. The molecule has 0 aliphatic heterocycles. The second-order valence-corrected chi connectivity index (χ2v) is 7.57. The van der Waals surface area contributed by atoms with Gasteiger partial charge in [0.1, 0.15) is 34.9 Å². The van der Waals surface area contributed by atoms with Crippen LogP contribution in [0.5, 0.6) is 0 Å². The fraction of sp³-hybridized carbons (Fsp3) is 0.174. The number of nitrogen functional groups attached to an aromatic ring is 2. The van der Waals surface area contributed by atoms with Gasteiger partial charge in [-0.25, -0.2) is 13.8 Å². The summed E-state index contributed by atoms with van der Waals surface area (Å²) in [4.78, 5) is 26.1. The summed E-state index contributed by atoms with van der Waals surface area (Å²) in [6, 6.07) is 9.13. The fourth-order valence-corrected chi connectivity index (χ4v) is 3.76. The van der Waals surface area contributed by atoms with E-state index in [-0.39, 0.29) is 34.7 Å². The number of halogens is 2. The third-order valence-corrected chi connectivity index (χ3v) is 5.30. The Morgan fingerprint density at radius 1 is 1.15 bits per heavy atom. The van der Waals surface area contributed by atoms with Crippen LogP contribution in [0.15, 0.2) is 41.2 Å². The molecular formula is C23H20F2N8O. The Morgan fingerprint density at radius 3 is 2.50 bits per heavy atom. The number of rotatable bonds is 5. The number of nitrogens with zero attached hydrogens (tertiary/aromatic N) is 5. The number of nitrogens with two attached hydrogens (primary N) is 2. The van der Waals surface area contributed by atoms with E-state index in [2.05, 4.69) is 15.3 Å². The first-order valence-electron chi connectivity index (χ1n) is 10.3. The SMILES string of the molecule is CCc1cccc2c(=O)n(-c3cc(F)cc(F)c3)c([C@H](C)Nc3nc(N)nc(N)c3C#N)nc12. The first kappa shape index (κ1) is 22.6. The summed E-state index contributed by atoms with van der Waals surface area (Å²) in [6.45, 7) is 3.58. The molecule has 4 aromatic rings. The molecular weight excluding hydrogens is 442 g/mol. The number of aromatic nitrogens is 4. The molecule has 0 bridgehead atoms. The standard InChI is InChI=1S/C23H20F2N8O/c1-3-12-5-4-6-16-18(12)30-21(33(22(16)34)15-8-13(24)7-14(25)9-15)11(2)29-20-17(10-26)19(27)31-23(28)32-20/h4-9,11H,3H2,1-2H3,(H5,27,28,29,31,32)/t11-/m0/s1. The fourth-order valence-electron chi connectivity index (χ4n) is 3.76. The minimum absolute atomic E-state index is 0.0371. The number of para-hydroxylation sites is 1. The third-order valence-electron chi connectivity index (χ3n) is 5.30. The van der Waals surface area contributed by atoms with E-state index in [4.69, 9.17) is 16.5 Å². The Balaban J connectivity index is 1.99. The summed E-state index contributed by atoms with van der Waals surface area (Å²) < 4.78 is 29.3. The number of anilines is 3. The first-order chi connectivity index (χ1) is 16.2. The number of nitrogens with one attached hydrogen (secondary N) is 1. The molecule has 9 nitrogen and oxygen atoms in total. The predicted molar refractivity (Wildman–Crippen MR) is 124 cm³/mol. The molecule has 0 fully saturated rings. The van der Waals surface area contributed by atoms with E-state index in [1.54, 1.807) is 19.1 Å². The number of benzene rings is 2. The minimum atomic E-state index is -0.848. The molecule has 0 unspecified atom stereocenters. The van der Waals surface area contributed by atoms with Gasteiger partial charge in [-0.1, -0.05) is 19.1 Å². The zero-order chi connectivity index (χ0) is 24.6. The first-order valence-corrected chi connectivity index (χ1v) is 10.3. The van der Waals surface area contributed by atoms with Crippen LogP contribution in [-0.2, 0) is 6.42 Å². The Kier molecular flexibility index (Phi) is 5.81. The van der Waals surface area contributed by atoms with Crippen LogP contribution < -0.4 is 22.3 Å². The maximum absolute atomic E-state index is 14.1. The summed E-state index contributed by atoms with van der Waals surface area (Å²) in [5.41, 5.74) is 12.2. The van der Waals surface area contributed by atoms with Crippen LogP contribution in [-0.4, -0.2) is 19.5 Å². The molecule has 172 valence electrons. The van der Waals surface area contributed by atoms with Gasteiger partial charge in [0.2, 0.25) is 5.95 Å². The molecule has 0 aliphatic carbocycles. The van der Waals surface area contributed by atoms with Crippen molar-refractivity contribution < 1.29 is 8.78 Å². The minimum Gasteiger partial charge on any atom is -0.382 e. The van der Waals surface area contributed by atoms with Crippen LogP contribution >= 0.6 is 0 Å². The van der Waals surface area contributed by atoms with Crippen molar-refractivity contribution in [3.8, 4) is 11.8 Å². The summed E-state index contributed by atoms with van der Waals surface area (Å²) in [6.07, 6.45) is 0.612. The Bertz CT molecular complexity index is 1510. The molecule has 0 spiro atoms. The Morgan fingerprint density at radius 2 is 1.85 bits per heavy atom. The van der Waals surface area contributed by atoms with Crippen LogP contribution in [0.4, 0.5) is 26.4 Å². The molecule has 5 N–H and O–H groups in total. The van der Waals surface area contributed by atoms with Crippen molar-refractivity contribution in [2.75, 3.05) is 16.8 Å². The van der Waals surface area contributed by atoms with Crippen molar-refractivity contribution in [3.63, 3.8) is 0 Å². The molecule has 0 aliphatic rings. The molecule has 0 amide bonds. The van der Waals surface area contributed by atoms with Gasteiger partial charge in [0, 0.05) is 6.07 Å².